The molecule has 3 heteroatoms. The largest absolute Gasteiger partial charge is 0.396 e. The number of halogens is 2. The highest BCUT2D eigenvalue weighted by Gasteiger charge is 2.33. The summed E-state index contributed by atoms with van der Waals surface area (Å²) in [5.74, 6) is 0. The van der Waals surface area contributed by atoms with Crippen molar-refractivity contribution < 1.29 is 5.11 Å². The van der Waals surface area contributed by atoms with E-state index in [9.17, 15) is 5.11 Å². The summed E-state index contributed by atoms with van der Waals surface area (Å²) in [5, 5.41) is 10.5. The molecule has 2 rings (SSSR count). The Morgan fingerprint density at radius 2 is 1.76 bits per heavy atom. The Hall–Kier alpha value is -0.240. The van der Waals surface area contributed by atoms with E-state index in [0.717, 1.165) is 19.3 Å². The maximum absolute atomic E-state index is 9.31. The minimum absolute atomic E-state index is 0.112. The van der Waals surface area contributed by atoms with Gasteiger partial charge in [-0.1, -0.05) is 48.5 Å². The second kappa shape index (κ2) is 5.60. The number of hydrogen-bond acceptors (Lipinski definition) is 1. The van der Waals surface area contributed by atoms with E-state index < -0.39 is 0 Å². The van der Waals surface area contributed by atoms with E-state index in [2.05, 4.69) is 6.07 Å². The molecular formula is C14H18Cl2O. The summed E-state index contributed by atoms with van der Waals surface area (Å²) in [7, 11) is 0. The summed E-state index contributed by atoms with van der Waals surface area (Å²) < 4.78 is 0. The monoisotopic (exact) mass is 272 g/mol. The van der Waals surface area contributed by atoms with Crippen LogP contribution in [0, 0.1) is 0 Å². The van der Waals surface area contributed by atoms with Crippen molar-refractivity contribution >= 4 is 23.2 Å². The fourth-order valence-electron chi connectivity index (χ4n) is 2.95. The van der Waals surface area contributed by atoms with Gasteiger partial charge >= 0.3 is 0 Å². The molecular weight excluding hydrogens is 255 g/mol. The van der Waals surface area contributed by atoms with Gasteiger partial charge in [-0.25, -0.2) is 0 Å². The van der Waals surface area contributed by atoms with E-state index in [0.29, 0.717) is 10.0 Å². The van der Waals surface area contributed by atoms with Crippen LogP contribution in [-0.2, 0) is 5.41 Å². The maximum atomic E-state index is 9.31. The fraction of sp³-hybridized carbons (Fsp3) is 0.571. The zero-order valence-corrected chi connectivity index (χ0v) is 11.4. The van der Waals surface area contributed by atoms with Crippen molar-refractivity contribution in [1.82, 2.24) is 0 Å². The van der Waals surface area contributed by atoms with E-state index in [4.69, 9.17) is 23.2 Å². The van der Waals surface area contributed by atoms with Crippen molar-refractivity contribution in [2.75, 3.05) is 6.61 Å². The Morgan fingerprint density at radius 1 is 1.06 bits per heavy atom. The molecule has 0 spiro atoms. The van der Waals surface area contributed by atoms with E-state index in [1.54, 1.807) is 0 Å². The molecule has 1 saturated carbocycles. The highest BCUT2D eigenvalue weighted by atomic mass is 35.5. The predicted octanol–water partition coefficient (Wildman–Crippen LogP) is 4.58. The number of aliphatic hydroxyl groups is 1. The van der Waals surface area contributed by atoms with Crippen LogP contribution in [0.2, 0.25) is 10.0 Å². The smallest absolute Gasteiger partial charge is 0.0595 e. The second-order valence-corrected chi connectivity index (χ2v) is 5.76. The Kier molecular flexibility index (Phi) is 4.35. The molecule has 1 aliphatic carbocycles. The van der Waals surface area contributed by atoms with Crippen LogP contribution in [-0.4, -0.2) is 11.7 Å². The summed E-state index contributed by atoms with van der Waals surface area (Å²) in [6.45, 7) is 0.236. The van der Waals surface area contributed by atoms with Crippen molar-refractivity contribution in [3.63, 3.8) is 0 Å². The zero-order valence-electron chi connectivity index (χ0n) is 9.88. The Balaban J connectivity index is 2.34. The third kappa shape index (κ3) is 2.78. The van der Waals surface area contributed by atoms with E-state index >= 15 is 0 Å². The van der Waals surface area contributed by atoms with Crippen molar-refractivity contribution in [2.45, 2.75) is 43.9 Å². The average molecular weight is 273 g/mol. The lowest BCUT2D eigenvalue weighted by Gasteiger charge is -2.37. The number of hydrogen-bond donors (Lipinski definition) is 1. The number of rotatable bonds is 3. The first kappa shape index (κ1) is 13.2. The van der Waals surface area contributed by atoms with E-state index in [-0.39, 0.29) is 12.0 Å². The highest BCUT2D eigenvalue weighted by molar-refractivity contribution is 6.42. The van der Waals surface area contributed by atoms with Gasteiger partial charge in [-0.2, -0.15) is 0 Å². The van der Waals surface area contributed by atoms with E-state index in [1.807, 2.05) is 12.1 Å². The van der Waals surface area contributed by atoms with Crippen LogP contribution in [0.3, 0.4) is 0 Å². The Labute approximate surface area is 113 Å². The SMILES string of the molecule is OCCC1(c2ccc(Cl)c(Cl)c2)CCCCC1. The second-order valence-electron chi connectivity index (χ2n) is 4.94. The van der Waals surface area contributed by atoms with Crippen LogP contribution in [0.4, 0.5) is 0 Å². The van der Waals surface area contributed by atoms with Gasteiger partial charge in [0.1, 0.15) is 0 Å². The molecule has 17 heavy (non-hydrogen) atoms. The molecule has 1 N–H and O–H groups in total. The zero-order chi connectivity index (χ0) is 12.3. The van der Waals surface area contributed by atoms with Crippen LogP contribution in [0.1, 0.15) is 44.1 Å². The van der Waals surface area contributed by atoms with Crippen LogP contribution in [0.5, 0.6) is 0 Å². The van der Waals surface area contributed by atoms with Crippen LogP contribution >= 0.6 is 23.2 Å². The van der Waals surface area contributed by atoms with Crippen LogP contribution in [0.15, 0.2) is 18.2 Å². The summed E-state index contributed by atoms with van der Waals surface area (Å²) in [4.78, 5) is 0. The van der Waals surface area contributed by atoms with Gasteiger partial charge in [0.15, 0.2) is 0 Å². The summed E-state index contributed by atoms with van der Waals surface area (Å²) in [6.07, 6.45) is 6.89. The summed E-state index contributed by atoms with van der Waals surface area (Å²) in [5.41, 5.74) is 1.35. The Morgan fingerprint density at radius 3 is 2.35 bits per heavy atom. The first-order chi connectivity index (χ1) is 8.18. The quantitative estimate of drug-likeness (QED) is 0.854. The molecule has 0 atom stereocenters. The van der Waals surface area contributed by atoms with Gasteiger partial charge in [-0.3, -0.25) is 0 Å². The van der Waals surface area contributed by atoms with E-state index in [1.165, 1.54) is 24.8 Å². The minimum Gasteiger partial charge on any atom is -0.396 e. The molecule has 1 aromatic carbocycles. The van der Waals surface area contributed by atoms with Gasteiger partial charge in [-0.05, 0) is 42.4 Å². The van der Waals surface area contributed by atoms with Gasteiger partial charge in [0.2, 0.25) is 0 Å². The van der Waals surface area contributed by atoms with Gasteiger partial charge in [-0.15, -0.1) is 0 Å². The van der Waals surface area contributed by atoms with Crippen molar-refractivity contribution in [3.05, 3.63) is 33.8 Å². The molecule has 0 aliphatic heterocycles. The van der Waals surface area contributed by atoms with Crippen molar-refractivity contribution in [2.24, 2.45) is 0 Å². The van der Waals surface area contributed by atoms with Crippen LogP contribution < -0.4 is 0 Å². The predicted molar refractivity (Wildman–Crippen MR) is 72.9 cm³/mol. The summed E-state index contributed by atoms with van der Waals surface area (Å²) >= 11 is 12.1. The first-order valence-electron chi connectivity index (χ1n) is 6.24. The molecule has 1 fully saturated rings. The molecule has 0 amide bonds. The van der Waals surface area contributed by atoms with Gasteiger partial charge < -0.3 is 5.11 Å². The standard InChI is InChI=1S/C14H18Cl2O/c15-12-5-4-11(10-13(12)16)14(8-9-17)6-2-1-3-7-14/h4-5,10,17H,1-3,6-9H2. The molecule has 0 heterocycles. The normalized spacial score (nSPS) is 19.2. The third-order valence-corrected chi connectivity index (χ3v) is 4.67. The topological polar surface area (TPSA) is 20.2 Å². The van der Waals surface area contributed by atoms with Crippen molar-refractivity contribution in [3.8, 4) is 0 Å². The number of benzene rings is 1. The highest BCUT2D eigenvalue weighted by Crippen LogP contribution is 2.43. The third-order valence-electron chi connectivity index (χ3n) is 3.93. The molecule has 1 aliphatic rings. The lowest BCUT2D eigenvalue weighted by Crippen LogP contribution is -2.30. The summed E-state index contributed by atoms with van der Waals surface area (Å²) in [6, 6.07) is 5.91. The fourth-order valence-corrected chi connectivity index (χ4v) is 3.25. The molecule has 0 bridgehead atoms. The molecule has 0 saturated heterocycles. The molecule has 94 valence electrons. The van der Waals surface area contributed by atoms with Gasteiger partial charge in [0, 0.05) is 6.61 Å². The Bertz CT molecular complexity index is 378. The lowest BCUT2D eigenvalue weighted by atomic mass is 9.67. The first-order valence-corrected chi connectivity index (χ1v) is 7.00. The molecule has 1 nitrogen and oxygen atoms in total. The lowest BCUT2D eigenvalue weighted by molar-refractivity contribution is 0.197. The minimum atomic E-state index is 0.112. The van der Waals surface area contributed by atoms with Gasteiger partial charge in [0.05, 0.1) is 10.0 Å². The number of aliphatic hydroxyl groups excluding tert-OH is 1. The van der Waals surface area contributed by atoms with Gasteiger partial charge in [0.25, 0.3) is 0 Å². The molecule has 0 radical (unpaired) electrons. The molecule has 0 aromatic heterocycles. The molecule has 0 unspecified atom stereocenters. The average Bonchev–Trinajstić information content (AvgIpc) is 2.34. The van der Waals surface area contributed by atoms with Crippen molar-refractivity contribution in [1.29, 1.82) is 0 Å². The maximum Gasteiger partial charge on any atom is 0.0595 e. The van der Waals surface area contributed by atoms with Crippen LogP contribution in [0.25, 0.3) is 0 Å². The molecule has 1 aromatic rings.